The first kappa shape index (κ1) is 9.40. The fraction of sp³-hybridized carbons (Fsp3) is 1.00. The molecule has 0 saturated carbocycles. The molecule has 0 amide bonds. The highest BCUT2D eigenvalue weighted by molar-refractivity contribution is 4.41. The lowest BCUT2D eigenvalue weighted by atomic mass is 10.2. The van der Waals surface area contributed by atoms with Crippen LogP contribution in [0, 0.1) is 0 Å². The van der Waals surface area contributed by atoms with E-state index in [2.05, 4.69) is 0 Å². The van der Waals surface area contributed by atoms with Crippen LogP contribution in [-0.4, -0.2) is 20.2 Å². The van der Waals surface area contributed by atoms with Crippen molar-refractivity contribution in [2.24, 2.45) is 0 Å². The van der Waals surface area contributed by atoms with Crippen molar-refractivity contribution in [3.05, 3.63) is 0 Å². The minimum absolute atomic E-state index is 0. The molecule has 1 saturated heterocycles. The first-order valence-electron chi connectivity index (χ1n) is 3.32. The van der Waals surface area contributed by atoms with Gasteiger partial charge in [0, 0.05) is 0 Å². The summed E-state index contributed by atoms with van der Waals surface area (Å²) < 4.78 is 0. The van der Waals surface area contributed by atoms with E-state index in [9.17, 15) is 0 Å². The highest BCUT2D eigenvalue weighted by Crippen LogP contribution is 1.93. The van der Waals surface area contributed by atoms with Crippen molar-refractivity contribution >= 4 is 0 Å². The molecular formula is C6H14BrNO. The minimum Gasteiger partial charge on any atom is -1.00 e. The molecule has 0 aliphatic carbocycles. The number of hydrogen-bond donors (Lipinski definition) is 1. The molecule has 1 heterocycles. The van der Waals surface area contributed by atoms with E-state index in [1.165, 1.54) is 37.4 Å². The fourth-order valence-electron chi connectivity index (χ4n) is 1.15. The number of quaternary nitrogens is 1. The monoisotopic (exact) mass is 195 g/mol. The molecule has 2 nitrogen and oxygen atoms in total. The first-order chi connectivity index (χ1) is 3.93. The summed E-state index contributed by atoms with van der Waals surface area (Å²) in [7, 11) is 1.78. The number of hydrogen-bond acceptors (Lipinski definition) is 1. The van der Waals surface area contributed by atoms with Gasteiger partial charge in [0.1, 0.15) is 13.1 Å². The maximum atomic E-state index is 5.11. The van der Waals surface area contributed by atoms with Gasteiger partial charge in [-0.25, -0.2) is 4.84 Å². The topological polar surface area (TPSA) is 13.7 Å². The summed E-state index contributed by atoms with van der Waals surface area (Å²) in [5, 5.41) is 1.30. The quantitative estimate of drug-likeness (QED) is 0.462. The Morgan fingerprint density at radius 1 is 1.11 bits per heavy atom. The SMILES string of the molecule is CO[NH+]1CCCCC1.[Br-]. The van der Waals surface area contributed by atoms with Crippen molar-refractivity contribution in [1.29, 1.82) is 0 Å². The molecule has 1 N–H and O–H groups in total. The Hall–Kier alpha value is 0.400. The van der Waals surface area contributed by atoms with Crippen molar-refractivity contribution in [2.75, 3.05) is 20.2 Å². The Labute approximate surface area is 66.9 Å². The third kappa shape index (κ3) is 3.18. The van der Waals surface area contributed by atoms with Crippen molar-refractivity contribution in [1.82, 2.24) is 0 Å². The lowest BCUT2D eigenvalue weighted by Crippen LogP contribution is -3.11. The van der Waals surface area contributed by atoms with Gasteiger partial charge in [0.05, 0.1) is 7.11 Å². The van der Waals surface area contributed by atoms with Crippen LogP contribution in [0.2, 0.25) is 0 Å². The van der Waals surface area contributed by atoms with E-state index < -0.39 is 0 Å². The maximum Gasteiger partial charge on any atom is 0.107 e. The minimum atomic E-state index is 0. The molecule has 0 bridgehead atoms. The van der Waals surface area contributed by atoms with Gasteiger partial charge in [0.25, 0.3) is 0 Å². The molecule has 9 heavy (non-hydrogen) atoms. The molecule has 0 unspecified atom stereocenters. The van der Waals surface area contributed by atoms with Crippen LogP contribution in [-0.2, 0) is 4.84 Å². The maximum absolute atomic E-state index is 5.11. The van der Waals surface area contributed by atoms with Crippen LogP contribution in [0.1, 0.15) is 19.3 Å². The van der Waals surface area contributed by atoms with Crippen molar-refractivity contribution in [3.63, 3.8) is 0 Å². The molecule has 0 spiro atoms. The van der Waals surface area contributed by atoms with Crippen LogP contribution in [0.15, 0.2) is 0 Å². The predicted molar refractivity (Wildman–Crippen MR) is 31.6 cm³/mol. The molecule has 0 aromatic rings. The van der Waals surface area contributed by atoms with E-state index in [1.807, 2.05) is 0 Å². The van der Waals surface area contributed by atoms with Gasteiger partial charge in [0.2, 0.25) is 0 Å². The molecule has 0 aromatic heterocycles. The molecule has 1 fully saturated rings. The van der Waals surface area contributed by atoms with Gasteiger partial charge in [0.15, 0.2) is 0 Å². The Morgan fingerprint density at radius 3 is 2.00 bits per heavy atom. The number of hydroxylamine groups is 2. The Balaban J connectivity index is 0.000000640. The number of halogens is 1. The van der Waals surface area contributed by atoms with Crippen LogP contribution in [0.4, 0.5) is 0 Å². The van der Waals surface area contributed by atoms with Crippen LogP contribution < -0.4 is 22.0 Å². The molecule has 3 heteroatoms. The van der Waals surface area contributed by atoms with Crippen LogP contribution in [0.25, 0.3) is 0 Å². The first-order valence-corrected chi connectivity index (χ1v) is 3.32. The van der Waals surface area contributed by atoms with E-state index in [0.717, 1.165) is 0 Å². The largest absolute Gasteiger partial charge is 1.00 e. The van der Waals surface area contributed by atoms with Crippen LogP contribution in [0.5, 0.6) is 0 Å². The number of rotatable bonds is 1. The highest BCUT2D eigenvalue weighted by Gasteiger charge is 2.11. The van der Waals surface area contributed by atoms with Crippen molar-refractivity contribution in [3.8, 4) is 0 Å². The molecule has 1 aliphatic heterocycles. The zero-order valence-corrected chi connectivity index (χ0v) is 7.41. The van der Waals surface area contributed by atoms with Gasteiger partial charge in [-0.2, -0.15) is 5.06 Å². The van der Waals surface area contributed by atoms with Gasteiger partial charge >= 0.3 is 0 Å². The zero-order chi connectivity index (χ0) is 5.82. The van der Waals surface area contributed by atoms with E-state index >= 15 is 0 Å². The second-order valence-corrected chi connectivity index (χ2v) is 2.30. The highest BCUT2D eigenvalue weighted by atomic mass is 79.9. The summed E-state index contributed by atoms with van der Waals surface area (Å²) in [6, 6.07) is 0. The Kier molecular flexibility index (Phi) is 5.44. The van der Waals surface area contributed by atoms with Crippen LogP contribution in [0.3, 0.4) is 0 Å². The Bertz CT molecular complexity index is 64.1. The Morgan fingerprint density at radius 2 is 1.67 bits per heavy atom. The summed E-state index contributed by atoms with van der Waals surface area (Å²) in [5.74, 6) is 0. The number of piperidine rings is 1. The van der Waals surface area contributed by atoms with E-state index in [4.69, 9.17) is 4.84 Å². The van der Waals surface area contributed by atoms with Gasteiger partial charge in [-0.15, -0.1) is 0 Å². The molecule has 1 aliphatic rings. The van der Waals surface area contributed by atoms with Gasteiger partial charge in [-0.3, -0.25) is 0 Å². The number of nitrogens with one attached hydrogen (secondary N) is 1. The fourth-order valence-corrected chi connectivity index (χ4v) is 1.15. The normalized spacial score (nSPS) is 21.0. The van der Waals surface area contributed by atoms with E-state index in [0.29, 0.717) is 0 Å². The van der Waals surface area contributed by atoms with E-state index in [1.54, 1.807) is 7.11 Å². The third-order valence-electron chi connectivity index (χ3n) is 1.70. The molecule has 56 valence electrons. The summed E-state index contributed by atoms with van der Waals surface area (Å²) in [5.41, 5.74) is 0. The van der Waals surface area contributed by atoms with Crippen LogP contribution >= 0.6 is 0 Å². The van der Waals surface area contributed by atoms with Gasteiger partial charge < -0.3 is 17.0 Å². The summed E-state index contributed by atoms with van der Waals surface area (Å²) in [6.45, 7) is 2.41. The molecular weight excluding hydrogens is 182 g/mol. The molecule has 0 radical (unpaired) electrons. The smallest absolute Gasteiger partial charge is 0.107 e. The lowest BCUT2D eigenvalue weighted by Gasteiger charge is -2.18. The zero-order valence-electron chi connectivity index (χ0n) is 5.82. The van der Waals surface area contributed by atoms with Gasteiger partial charge in [-0.05, 0) is 19.3 Å². The summed E-state index contributed by atoms with van der Waals surface area (Å²) >= 11 is 0. The average molecular weight is 196 g/mol. The van der Waals surface area contributed by atoms with Crippen molar-refractivity contribution < 1.29 is 26.9 Å². The second kappa shape index (κ2) is 5.21. The third-order valence-corrected chi connectivity index (χ3v) is 1.70. The van der Waals surface area contributed by atoms with Crippen molar-refractivity contribution in [2.45, 2.75) is 19.3 Å². The molecule has 1 rings (SSSR count). The van der Waals surface area contributed by atoms with E-state index in [-0.39, 0.29) is 17.0 Å². The average Bonchev–Trinajstić information content (AvgIpc) is 1.90. The molecule has 0 atom stereocenters. The predicted octanol–water partition coefficient (Wildman–Crippen LogP) is -3.38. The second-order valence-electron chi connectivity index (χ2n) is 2.30. The summed E-state index contributed by atoms with van der Waals surface area (Å²) in [6.07, 6.45) is 4.07. The standard InChI is InChI=1S/C6H13NO.BrH/c1-8-7-5-3-2-4-6-7;/h2-6H2,1H3;1H. The van der Waals surface area contributed by atoms with Gasteiger partial charge in [-0.1, -0.05) is 0 Å². The lowest BCUT2D eigenvalue weighted by molar-refractivity contribution is -1.09. The summed E-state index contributed by atoms with van der Waals surface area (Å²) in [4.78, 5) is 5.11. The molecule has 0 aromatic carbocycles.